The van der Waals surface area contributed by atoms with Crippen molar-refractivity contribution in [2.75, 3.05) is 39.1 Å². The third-order valence-electron chi connectivity index (χ3n) is 5.09. The fraction of sp³-hybridized carbons (Fsp3) is 0.650. The molecular formula is C20H30Cl2N2O6S. The van der Waals surface area contributed by atoms with Gasteiger partial charge in [-0.2, -0.15) is 0 Å². The molecule has 1 fully saturated rings. The molecule has 1 saturated heterocycles. The van der Waals surface area contributed by atoms with Gasteiger partial charge in [-0.3, -0.25) is 0 Å². The third-order valence-corrected chi connectivity index (χ3v) is 6.56. The molecule has 0 spiro atoms. The summed E-state index contributed by atoms with van der Waals surface area (Å²) < 4.78 is 36.9. The average molecular weight is 497 g/mol. The van der Waals surface area contributed by atoms with Gasteiger partial charge in [-0.25, -0.2) is 17.9 Å². The van der Waals surface area contributed by atoms with Crippen LogP contribution in [0.15, 0.2) is 18.2 Å². The molecule has 0 aliphatic carbocycles. The first kappa shape index (κ1) is 26.2. The van der Waals surface area contributed by atoms with Crippen LogP contribution in [0.5, 0.6) is 0 Å². The average Bonchev–Trinajstić information content (AvgIpc) is 2.83. The van der Waals surface area contributed by atoms with E-state index in [1.807, 2.05) is 20.8 Å². The summed E-state index contributed by atoms with van der Waals surface area (Å²) in [5, 5.41) is 10.5. The van der Waals surface area contributed by atoms with Gasteiger partial charge in [-0.05, 0) is 23.1 Å². The molecule has 11 heteroatoms. The van der Waals surface area contributed by atoms with Crippen LogP contribution in [0.4, 0.5) is 4.79 Å². The number of rotatable bonds is 7. The van der Waals surface area contributed by atoms with Crippen LogP contribution < -0.4 is 4.72 Å². The molecule has 1 aliphatic heterocycles. The van der Waals surface area contributed by atoms with Crippen LogP contribution in [-0.4, -0.2) is 75.8 Å². The lowest BCUT2D eigenvalue weighted by molar-refractivity contribution is -0.0939. The Morgan fingerprint density at radius 3 is 2.52 bits per heavy atom. The molecular weight excluding hydrogens is 467 g/mol. The number of carboxylic acid groups (broad SMARTS) is 1. The second kappa shape index (κ2) is 10.7. The quantitative estimate of drug-likeness (QED) is 0.560. The van der Waals surface area contributed by atoms with Crippen molar-refractivity contribution in [1.82, 2.24) is 9.62 Å². The van der Waals surface area contributed by atoms with Gasteiger partial charge < -0.3 is 19.5 Å². The van der Waals surface area contributed by atoms with Gasteiger partial charge in [0.15, 0.2) is 0 Å². The molecule has 0 radical (unpaired) electrons. The SMILES string of the molecule is CC(C)(C)C1CN(C(=O)O)C[C@@H](c2ccc(Cl)c(Cl)c2)[C@H](COCCNS(C)(=O)=O)O1. The topological polar surface area (TPSA) is 105 Å². The Balaban J connectivity index is 2.28. The largest absolute Gasteiger partial charge is 0.465 e. The van der Waals surface area contributed by atoms with Gasteiger partial charge in [-0.15, -0.1) is 0 Å². The highest BCUT2D eigenvalue weighted by Gasteiger charge is 2.39. The second-order valence-electron chi connectivity index (χ2n) is 8.74. The standard InChI is InChI=1S/C20H30Cl2N2O6S/c1-20(2,3)18-11-24(19(25)26)10-14(13-5-6-15(21)16(22)9-13)17(30-18)12-29-8-7-23-31(4,27)28/h5-6,9,14,17-18,23H,7-8,10-12H2,1-4H3,(H,25,26)/t14-,17-,18?/m0/s1. The van der Waals surface area contributed by atoms with Crippen molar-refractivity contribution in [1.29, 1.82) is 0 Å². The van der Waals surface area contributed by atoms with Crippen molar-refractivity contribution in [3.63, 3.8) is 0 Å². The van der Waals surface area contributed by atoms with Gasteiger partial charge in [0, 0.05) is 19.0 Å². The third kappa shape index (κ3) is 8.07. The van der Waals surface area contributed by atoms with Crippen molar-refractivity contribution < 1.29 is 27.8 Å². The smallest absolute Gasteiger partial charge is 0.407 e. The maximum atomic E-state index is 11.9. The number of amides is 1. The first-order valence-corrected chi connectivity index (χ1v) is 12.5. The molecule has 3 atom stereocenters. The van der Waals surface area contributed by atoms with E-state index in [0.717, 1.165) is 11.8 Å². The minimum absolute atomic E-state index is 0.132. The van der Waals surface area contributed by atoms with E-state index in [4.69, 9.17) is 32.7 Å². The van der Waals surface area contributed by atoms with E-state index < -0.39 is 22.2 Å². The van der Waals surface area contributed by atoms with E-state index in [2.05, 4.69) is 4.72 Å². The molecule has 0 bridgehead atoms. The highest BCUT2D eigenvalue weighted by molar-refractivity contribution is 7.88. The summed E-state index contributed by atoms with van der Waals surface area (Å²) in [6.07, 6.45) is -0.777. The monoisotopic (exact) mass is 496 g/mol. The van der Waals surface area contributed by atoms with E-state index in [9.17, 15) is 18.3 Å². The fourth-order valence-corrected chi connectivity index (χ4v) is 4.09. The fourth-order valence-electron chi connectivity index (χ4n) is 3.33. The number of carbonyl (C=O) groups is 1. The number of benzene rings is 1. The molecule has 1 aliphatic rings. The Morgan fingerprint density at radius 2 is 1.97 bits per heavy atom. The molecule has 1 amide bonds. The van der Waals surface area contributed by atoms with E-state index in [-0.39, 0.29) is 50.3 Å². The molecule has 176 valence electrons. The molecule has 1 aromatic rings. The first-order valence-electron chi connectivity index (χ1n) is 9.88. The van der Waals surface area contributed by atoms with Crippen LogP contribution in [0.2, 0.25) is 10.0 Å². The molecule has 2 rings (SSSR count). The van der Waals surface area contributed by atoms with Crippen LogP contribution in [0.1, 0.15) is 32.3 Å². The minimum Gasteiger partial charge on any atom is -0.465 e. The van der Waals surface area contributed by atoms with Crippen LogP contribution in [0.3, 0.4) is 0 Å². The number of hydrogen-bond donors (Lipinski definition) is 2. The number of nitrogens with zero attached hydrogens (tertiary/aromatic N) is 1. The zero-order valence-electron chi connectivity index (χ0n) is 18.1. The first-order chi connectivity index (χ1) is 14.3. The maximum Gasteiger partial charge on any atom is 0.407 e. The summed E-state index contributed by atoms with van der Waals surface area (Å²) in [6, 6.07) is 5.19. The molecule has 31 heavy (non-hydrogen) atoms. The van der Waals surface area contributed by atoms with Gasteiger partial charge in [0.1, 0.15) is 0 Å². The maximum absolute atomic E-state index is 11.9. The van der Waals surface area contributed by atoms with Crippen molar-refractivity contribution in [3.05, 3.63) is 33.8 Å². The van der Waals surface area contributed by atoms with Gasteiger partial charge in [0.05, 0.1) is 48.3 Å². The lowest BCUT2D eigenvalue weighted by Crippen LogP contribution is -2.42. The second-order valence-corrected chi connectivity index (χ2v) is 11.4. The molecule has 1 heterocycles. The Labute approximate surface area is 193 Å². The van der Waals surface area contributed by atoms with Crippen molar-refractivity contribution in [2.24, 2.45) is 5.41 Å². The Hall–Kier alpha value is -1.10. The van der Waals surface area contributed by atoms with Gasteiger partial charge in [-0.1, -0.05) is 50.0 Å². The molecule has 1 aromatic carbocycles. The van der Waals surface area contributed by atoms with Crippen LogP contribution >= 0.6 is 23.2 Å². The van der Waals surface area contributed by atoms with Crippen LogP contribution in [0, 0.1) is 5.41 Å². The zero-order chi connectivity index (χ0) is 23.4. The Morgan fingerprint density at radius 1 is 1.29 bits per heavy atom. The summed E-state index contributed by atoms with van der Waals surface area (Å²) in [4.78, 5) is 13.3. The van der Waals surface area contributed by atoms with Gasteiger partial charge in [0.2, 0.25) is 10.0 Å². The number of nitrogens with one attached hydrogen (secondary N) is 1. The minimum atomic E-state index is -3.30. The zero-order valence-corrected chi connectivity index (χ0v) is 20.4. The van der Waals surface area contributed by atoms with Crippen molar-refractivity contribution >= 4 is 39.3 Å². The summed E-state index contributed by atoms with van der Waals surface area (Å²) in [5.41, 5.74) is 0.481. The Kier molecular flexibility index (Phi) is 9.01. The van der Waals surface area contributed by atoms with Gasteiger partial charge in [0.25, 0.3) is 0 Å². The van der Waals surface area contributed by atoms with Gasteiger partial charge >= 0.3 is 6.09 Å². The molecule has 1 unspecified atom stereocenters. The molecule has 2 N–H and O–H groups in total. The lowest BCUT2D eigenvalue weighted by atomic mass is 9.88. The van der Waals surface area contributed by atoms with E-state index in [0.29, 0.717) is 10.0 Å². The summed E-state index contributed by atoms with van der Waals surface area (Å²) in [7, 11) is -3.30. The number of halogens is 2. The van der Waals surface area contributed by atoms with Crippen molar-refractivity contribution in [3.8, 4) is 0 Å². The number of sulfonamides is 1. The van der Waals surface area contributed by atoms with E-state index >= 15 is 0 Å². The van der Waals surface area contributed by atoms with Crippen LogP contribution in [0.25, 0.3) is 0 Å². The normalized spacial score (nSPS) is 22.9. The lowest BCUT2D eigenvalue weighted by Gasteiger charge is -2.34. The van der Waals surface area contributed by atoms with Crippen molar-refractivity contribution in [2.45, 2.75) is 38.9 Å². The molecule has 8 nitrogen and oxygen atoms in total. The summed E-state index contributed by atoms with van der Waals surface area (Å²) in [6.45, 7) is 6.85. The predicted molar refractivity (Wildman–Crippen MR) is 121 cm³/mol. The number of hydrogen-bond acceptors (Lipinski definition) is 5. The predicted octanol–water partition coefficient (Wildman–Crippen LogP) is 3.44. The summed E-state index contributed by atoms with van der Waals surface area (Å²) >= 11 is 12.3. The molecule has 0 aromatic heterocycles. The number of ether oxygens (including phenoxy) is 2. The highest BCUT2D eigenvalue weighted by atomic mass is 35.5. The van der Waals surface area contributed by atoms with Crippen LogP contribution in [-0.2, 0) is 19.5 Å². The molecule has 0 saturated carbocycles. The van der Waals surface area contributed by atoms with E-state index in [1.165, 1.54) is 4.90 Å². The highest BCUT2D eigenvalue weighted by Crippen LogP contribution is 2.35. The summed E-state index contributed by atoms with van der Waals surface area (Å²) in [5.74, 6) is -0.346. The van der Waals surface area contributed by atoms with E-state index in [1.54, 1.807) is 18.2 Å². The Bertz CT molecular complexity index is 875.